The fourth-order valence-electron chi connectivity index (χ4n) is 2.00. The zero-order valence-electron chi connectivity index (χ0n) is 11.7. The highest BCUT2D eigenvalue weighted by atomic mass is 19.2. The minimum atomic E-state index is -1.27. The summed E-state index contributed by atoms with van der Waals surface area (Å²) in [6.07, 6.45) is 0. The molecule has 0 fully saturated rings. The third-order valence-corrected chi connectivity index (χ3v) is 3.07. The lowest BCUT2D eigenvalue weighted by atomic mass is 9.98. The monoisotopic (exact) mass is 297 g/mol. The second kappa shape index (κ2) is 6.26. The molecule has 5 heteroatoms. The van der Waals surface area contributed by atoms with E-state index in [1.54, 1.807) is 0 Å². The normalized spacial score (nSPS) is 11.2. The smallest absolute Gasteiger partial charge is 0.161 e. The number of hydrogen-bond donors (Lipinski definition) is 1. The summed E-state index contributed by atoms with van der Waals surface area (Å²) < 4.78 is 53.7. The minimum absolute atomic E-state index is 0.158. The van der Waals surface area contributed by atoms with Gasteiger partial charge < -0.3 is 5.32 Å². The molecule has 0 unspecified atom stereocenters. The fraction of sp³-hybridized carbons (Fsp3) is 0.250. The van der Waals surface area contributed by atoms with E-state index in [4.69, 9.17) is 0 Å². The molecule has 2 rings (SSSR count). The Labute approximate surface area is 120 Å². The van der Waals surface area contributed by atoms with Crippen molar-refractivity contribution < 1.29 is 17.6 Å². The molecule has 1 N–H and O–H groups in total. The molecule has 0 atom stereocenters. The molecule has 2 aromatic rings. The summed E-state index contributed by atoms with van der Waals surface area (Å²) in [5.74, 6) is -3.93. The first-order valence-corrected chi connectivity index (χ1v) is 6.55. The molecule has 0 saturated heterocycles. The molecule has 21 heavy (non-hydrogen) atoms. The van der Waals surface area contributed by atoms with Crippen LogP contribution in [0.25, 0.3) is 11.1 Å². The van der Waals surface area contributed by atoms with Crippen LogP contribution in [0.4, 0.5) is 17.6 Å². The van der Waals surface area contributed by atoms with Crippen molar-refractivity contribution in [3.8, 4) is 11.1 Å². The van der Waals surface area contributed by atoms with Crippen LogP contribution in [-0.2, 0) is 6.54 Å². The lowest BCUT2D eigenvalue weighted by Crippen LogP contribution is -2.22. The number of hydrogen-bond acceptors (Lipinski definition) is 1. The molecule has 0 saturated carbocycles. The van der Waals surface area contributed by atoms with E-state index in [0.29, 0.717) is 18.2 Å². The molecule has 0 amide bonds. The largest absolute Gasteiger partial charge is 0.310 e. The molecule has 0 heterocycles. The Morgan fingerprint density at radius 1 is 0.857 bits per heavy atom. The van der Waals surface area contributed by atoms with Crippen LogP contribution in [-0.4, -0.2) is 6.04 Å². The Morgan fingerprint density at radius 3 is 2.19 bits per heavy atom. The van der Waals surface area contributed by atoms with Crippen LogP contribution in [0, 0.1) is 23.3 Å². The molecule has 0 aromatic heterocycles. The van der Waals surface area contributed by atoms with Crippen LogP contribution in [0.1, 0.15) is 19.4 Å². The topological polar surface area (TPSA) is 12.0 Å². The van der Waals surface area contributed by atoms with Gasteiger partial charge in [-0.05, 0) is 29.3 Å². The van der Waals surface area contributed by atoms with E-state index in [2.05, 4.69) is 5.32 Å². The van der Waals surface area contributed by atoms with Gasteiger partial charge in [0.15, 0.2) is 11.6 Å². The van der Waals surface area contributed by atoms with Gasteiger partial charge in [0.1, 0.15) is 11.6 Å². The number of halogens is 4. The van der Waals surface area contributed by atoms with Gasteiger partial charge in [0.05, 0.1) is 0 Å². The maximum atomic E-state index is 13.9. The van der Waals surface area contributed by atoms with E-state index >= 15 is 0 Å². The van der Waals surface area contributed by atoms with Crippen molar-refractivity contribution >= 4 is 0 Å². The van der Waals surface area contributed by atoms with Gasteiger partial charge in [-0.1, -0.05) is 19.9 Å². The van der Waals surface area contributed by atoms with E-state index < -0.39 is 23.3 Å². The summed E-state index contributed by atoms with van der Waals surface area (Å²) in [6.45, 7) is 4.23. The molecule has 0 aliphatic rings. The lowest BCUT2D eigenvalue weighted by Gasteiger charge is -2.14. The first-order valence-electron chi connectivity index (χ1n) is 6.55. The van der Waals surface area contributed by atoms with Crippen LogP contribution in [0.15, 0.2) is 30.3 Å². The maximum Gasteiger partial charge on any atom is 0.161 e. The van der Waals surface area contributed by atoms with E-state index in [9.17, 15) is 17.6 Å². The Kier molecular flexibility index (Phi) is 4.63. The Balaban J connectivity index is 2.51. The number of benzene rings is 2. The number of rotatable bonds is 4. The van der Waals surface area contributed by atoms with Gasteiger partial charge in [-0.2, -0.15) is 0 Å². The fourth-order valence-corrected chi connectivity index (χ4v) is 2.00. The average Bonchev–Trinajstić information content (AvgIpc) is 2.41. The van der Waals surface area contributed by atoms with Gasteiger partial charge in [0, 0.05) is 24.2 Å². The SMILES string of the molecule is CC(C)NCc1ccc(F)cc1-c1cc(F)c(F)cc1F. The van der Waals surface area contributed by atoms with Crippen molar-refractivity contribution in [1.82, 2.24) is 5.32 Å². The van der Waals surface area contributed by atoms with Gasteiger partial charge in [-0.25, -0.2) is 17.6 Å². The van der Waals surface area contributed by atoms with Crippen molar-refractivity contribution in [1.29, 1.82) is 0 Å². The highest BCUT2D eigenvalue weighted by Crippen LogP contribution is 2.29. The molecule has 2 aromatic carbocycles. The first kappa shape index (κ1) is 15.5. The standard InChI is InChI=1S/C16H15F4N/c1-9(2)21-8-10-3-4-11(17)5-12(10)13-6-15(19)16(20)7-14(13)18/h3-7,9,21H,8H2,1-2H3. The average molecular weight is 297 g/mol. The molecular weight excluding hydrogens is 282 g/mol. The van der Waals surface area contributed by atoms with Gasteiger partial charge >= 0.3 is 0 Å². The summed E-state index contributed by atoms with van der Waals surface area (Å²) >= 11 is 0. The van der Waals surface area contributed by atoms with Crippen molar-refractivity contribution in [3.05, 3.63) is 59.2 Å². The van der Waals surface area contributed by atoms with E-state index in [1.165, 1.54) is 12.1 Å². The minimum Gasteiger partial charge on any atom is -0.310 e. The molecule has 0 spiro atoms. The van der Waals surface area contributed by atoms with Crippen LogP contribution in [0.5, 0.6) is 0 Å². The molecule has 0 aliphatic carbocycles. The summed E-state index contributed by atoms with van der Waals surface area (Å²) in [7, 11) is 0. The summed E-state index contributed by atoms with van der Waals surface area (Å²) in [5, 5.41) is 3.12. The van der Waals surface area contributed by atoms with Crippen molar-refractivity contribution in [2.24, 2.45) is 0 Å². The highest BCUT2D eigenvalue weighted by Gasteiger charge is 2.15. The lowest BCUT2D eigenvalue weighted by molar-refractivity contribution is 0.496. The first-order chi connectivity index (χ1) is 9.88. The third-order valence-electron chi connectivity index (χ3n) is 3.07. The molecule has 1 nitrogen and oxygen atoms in total. The molecule has 112 valence electrons. The van der Waals surface area contributed by atoms with E-state index in [1.807, 2.05) is 13.8 Å². The third kappa shape index (κ3) is 3.61. The van der Waals surface area contributed by atoms with Crippen LogP contribution in [0.2, 0.25) is 0 Å². The number of nitrogens with one attached hydrogen (secondary N) is 1. The van der Waals surface area contributed by atoms with E-state index in [-0.39, 0.29) is 17.2 Å². The van der Waals surface area contributed by atoms with Gasteiger partial charge in [0.25, 0.3) is 0 Å². The predicted molar refractivity (Wildman–Crippen MR) is 73.7 cm³/mol. The maximum absolute atomic E-state index is 13.9. The Morgan fingerprint density at radius 2 is 1.52 bits per heavy atom. The zero-order chi connectivity index (χ0) is 15.6. The van der Waals surface area contributed by atoms with Crippen molar-refractivity contribution in [2.75, 3.05) is 0 Å². The van der Waals surface area contributed by atoms with Crippen LogP contribution >= 0.6 is 0 Å². The van der Waals surface area contributed by atoms with Gasteiger partial charge in [0.2, 0.25) is 0 Å². The molecule has 0 radical (unpaired) electrons. The quantitative estimate of drug-likeness (QED) is 0.651. The Bertz CT molecular complexity index is 653. The summed E-state index contributed by atoms with van der Waals surface area (Å²) in [5.41, 5.74) is 0.656. The van der Waals surface area contributed by atoms with Crippen LogP contribution in [0.3, 0.4) is 0 Å². The van der Waals surface area contributed by atoms with Crippen molar-refractivity contribution in [2.45, 2.75) is 26.4 Å². The molecular formula is C16H15F4N. The van der Waals surface area contributed by atoms with E-state index in [0.717, 1.165) is 12.1 Å². The second-order valence-corrected chi connectivity index (χ2v) is 5.08. The summed E-state index contributed by atoms with van der Waals surface area (Å²) in [6, 6.07) is 5.26. The Hall–Kier alpha value is -1.88. The predicted octanol–water partition coefficient (Wildman–Crippen LogP) is 4.41. The van der Waals surface area contributed by atoms with Crippen LogP contribution < -0.4 is 5.32 Å². The second-order valence-electron chi connectivity index (χ2n) is 5.08. The summed E-state index contributed by atoms with van der Waals surface area (Å²) in [4.78, 5) is 0. The van der Waals surface area contributed by atoms with Crippen molar-refractivity contribution in [3.63, 3.8) is 0 Å². The molecule has 0 aliphatic heterocycles. The zero-order valence-corrected chi connectivity index (χ0v) is 11.7. The van der Waals surface area contributed by atoms with Gasteiger partial charge in [-0.15, -0.1) is 0 Å². The highest BCUT2D eigenvalue weighted by molar-refractivity contribution is 5.68. The van der Waals surface area contributed by atoms with Gasteiger partial charge in [-0.3, -0.25) is 0 Å². The molecule has 0 bridgehead atoms.